The van der Waals surface area contributed by atoms with Crippen LogP contribution < -0.4 is 29.1 Å². The first-order chi connectivity index (χ1) is 23.6. The Morgan fingerprint density at radius 2 is 1.69 bits per heavy atom. The average Bonchev–Trinajstić information content (AvgIpc) is 3.37. The number of para-hydroxylation sites is 1. The van der Waals surface area contributed by atoms with Gasteiger partial charge in [0.1, 0.15) is 18.4 Å². The number of benzene rings is 3. The van der Waals surface area contributed by atoms with Gasteiger partial charge in [0.15, 0.2) is 16.3 Å². The fourth-order valence-electron chi connectivity index (χ4n) is 5.37. The van der Waals surface area contributed by atoms with Crippen LogP contribution in [0, 0.1) is 0 Å². The molecular formula is C37H37ClN2O8S. The number of carbonyl (C=O) groups is 2. The lowest BCUT2D eigenvalue weighted by Crippen LogP contribution is -2.40. The van der Waals surface area contributed by atoms with Gasteiger partial charge in [-0.2, -0.15) is 0 Å². The summed E-state index contributed by atoms with van der Waals surface area (Å²) in [4.78, 5) is 44.6. The van der Waals surface area contributed by atoms with E-state index in [0.717, 1.165) is 5.56 Å². The van der Waals surface area contributed by atoms with E-state index in [1.807, 2.05) is 38.1 Å². The zero-order valence-electron chi connectivity index (χ0n) is 28.1. The molecule has 256 valence electrons. The van der Waals surface area contributed by atoms with Gasteiger partial charge < -0.3 is 23.7 Å². The lowest BCUT2D eigenvalue weighted by molar-refractivity contribution is -0.139. The third-order valence-corrected chi connectivity index (χ3v) is 8.75. The van der Waals surface area contributed by atoms with Crippen LogP contribution in [0.5, 0.6) is 17.2 Å². The number of fused-ring (bicyclic) bond motifs is 1. The lowest BCUT2D eigenvalue weighted by atomic mass is 9.95. The standard InChI is InChI=1S/C37H37ClN2O8S/c1-7-45-35(42)25-15-13-23(14-16-25)20-47-33-27(38)17-24(18-29(33)44-6)19-30-34(41)40-32(26-11-9-10-12-28(26)48-21(3)4)31(36(43)46-8-2)22(5)39-37(40)49-30/h9-19,21,32H,7-8,20H2,1-6H3/b30-19-/t32-/m1/s1. The van der Waals surface area contributed by atoms with Gasteiger partial charge >= 0.3 is 11.9 Å². The Hall–Kier alpha value is -4.87. The maximum atomic E-state index is 14.2. The van der Waals surface area contributed by atoms with Crippen molar-refractivity contribution < 1.29 is 33.3 Å². The molecule has 0 amide bonds. The van der Waals surface area contributed by atoms with Crippen molar-refractivity contribution in [1.29, 1.82) is 0 Å². The van der Waals surface area contributed by atoms with Crippen LogP contribution in [0.2, 0.25) is 5.02 Å². The van der Waals surface area contributed by atoms with Gasteiger partial charge in [0.05, 0.1) is 52.8 Å². The summed E-state index contributed by atoms with van der Waals surface area (Å²) in [6, 6.07) is 16.8. The number of hydrogen-bond acceptors (Lipinski definition) is 10. The van der Waals surface area contributed by atoms with Gasteiger partial charge in [0.25, 0.3) is 5.56 Å². The number of nitrogens with zero attached hydrogens (tertiary/aromatic N) is 2. The molecule has 12 heteroatoms. The van der Waals surface area contributed by atoms with Crippen molar-refractivity contribution in [3.8, 4) is 17.2 Å². The van der Waals surface area contributed by atoms with Crippen LogP contribution in [0.25, 0.3) is 6.08 Å². The molecule has 1 aromatic heterocycles. The van der Waals surface area contributed by atoms with Crippen LogP contribution in [0.1, 0.15) is 67.7 Å². The molecule has 0 aliphatic carbocycles. The van der Waals surface area contributed by atoms with Gasteiger partial charge in [-0.15, -0.1) is 0 Å². The average molecular weight is 705 g/mol. The van der Waals surface area contributed by atoms with Crippen molar-refractivity contribution in [2.45, 2.75) is 53.4 Å². The van der Waals surface area contributed by atoms with Crippen molar-refractivity contribution >= 4 is 41.0 Å². The Morgan fingerprint density at radius 1 is 1.00 bits per heavy atom. The molecule has 0 saturated carbocycles. The fourth-order valence-corrected chi connectivity index (χ4v) is 6.70. The van der Waals surface area contributed by atoms with Gasteiger partial charge in [0, 0.05) is 5.56 Å². The van der Waals surface area contributed by atoms with Crippen molar-refractivity contribution in [3.05, 3.63) is 119 Å². The number of methoxy groups -OCH3 is 1. The number of thiazole rings is 1. The Balaban J connectivity index is 1.53. The zero-order valence-corrected chi connectivity index (χ0v) is 29.6. The van der Waals surface area contributed by atoms with E-state index in [0.29, 0.717) is 55.6 Å². The largest absolute Gasteiger partial charge is 0.493 e. The first-order valence-electron chi connectivity index (χ1n) is 15.8. The number of aromatic nitrogens is 1. The molecule has 0 N–H and O–H groups in total. The molecule has 10 nitrogen and oxygen atoms in total. The summed E-state index contributed by atoms with van der Waals surface area (Å²) in [6.45, 7) is 9.68. The first kappa shape index (κ1) is 35.4. The zero-order chi connectivity index (χ0) is 35.2. The number of ether oxygens (including phenoxy) is 5. The number of hydrogen-bond donors (Lipinski definition) is 0. The summed E-state index contributed by atoms with van der Waals surface area (Å²) in [7, 11) is 1.50. The van der Waals surface area contributed by atoms with Crippen LogP contribution in [-0.4, -0.2) is 42.9 Å². The van der Waals surface area contributed by atoms with E-state index in [1.54, 1.807) is 63.2 Å². The number of allylic oxidation sites excluding steroid dienone is 1. The Kier molecular flexibility index (Phi) is 11.3. The van der Waals surface area contributed by atoms with Crippen LogP contribution >= 0.6 is 22.9 Å². The van der Waals surface area contributed by atoms with Gasteiger partial charge in [-0.3, -0.25) is 9.36 Å². The van der Waals surface area contributed by atoms with Crippen molar-refractivity contribution in [3.63, 3.8) is 0 Å². The Labute approximate surface area is 292 Å². The normalized spacial score (nSPS) is 14.3. The fraction of sp³-hybridized carbons (Fsp3) is 0.297. The molecule has 2 heterocycles. The summed E-state index contributed by atoms with van der Waals surface area (Å²) in [6.07, 6.45) is 1.56. The van der Waals surface area contributed by atoms with Gasteiger partial charge in [-0.1, -0.05) is 53.3 Å². The molecule has 0 fully saturated rings. The summed E-state index contributed by atoms with van der Waals surface area (Å²) < 4.78 is 30.1. The minimum absolute atomic E-state index is 0.142. The minimum Gasteiger partial charge on any atom is -0.493 e. The molecular weight excluding hydrogens is 668 g/mol. The predicted octanol–water partition coefficient (Wildman–Crippen LogP) is 6.00. The highest BCUT2D eigenvalue weighted by atomic mass is 35.5. The molecule has 0 bridgehead atoms. The molecule has 5 rings (SSSR count). The predicted molar refractivity (Wildman–Crippen MR) is 187 cm³/mol. The molecule has 0 unspecified atom stereocenters. The van der Waals surface area contributed by atoms with Crippen LogP contribution in [0.15, 0.2) is 81.7 Å². The highest BCUT2D eigenvalue weighted by Crippen LogP contribution is 2.38. The monoisotopic (exact) mass is 704 g/mol. The second-order valence-electron chi connectivity index (χ2n) is 11.2. The summed E-state index contributed by atoms with van der Waals surface area (Å²) in [5.41, 5.74) is 2.87. The van der Waals surface area contributed by atoms with E-state index in [9.17, 15) is 14.4 Å². The van der Waals surface area contributed by atoms with E-state index >= 15 is 0 Å². The van der Waals surface area contributed by atoms with Crippen molar-refractivity contribution in [1.82, 2.24) is 4.57 Å². The second kappa shape index (κ2) is 15.6. The molecule has 4 aromatic rings. The van der Waals surface area contributed by atoms with E-state index in [4.69, 9.17) is 35.3 Å². The molecule has 1 aliphatic rings. The maximum Gasteiger partial charge on any atom is 0.338 e. The Morgan fingerprint density at radius 3 is 2.37 bits per heavy atom. The highest BCUT2D eigenvalue weighted by molar-refractivity contribution is 7.07. The van der Waals surface area contributed by atoms with Crippen LogP contribution in [-0.2, 0) is 20.9 Å². The number of rotatable bonds is 12. The van der Waals surface area contributed by atoms with E-state index < -0.39 is 18.0 Å². The number of carbonyl (C=O) groups excluding carboxylic acids is 2. The van der Waals surface area contributed by atoms with Gasteiger partial charge in [-0.25, -0.2) is 14.6 Å². The second-order valence-corrected chi connectivity index (χ2v) is 12.7. The molecule has 49 heavy (non-hydrogen) atoms. The molecule has 0 saturated heterocycles. The van der Waals surface area contributed by atoms with Crippen LogP contribution in [0.4, 0.5) is 0 Å². The van der Waals surface area contributed by atoms with E-state index in [1.165, 1.54) is 23.0 Å². The van der Waals surface area contributed by atoms with E-state index in [-0.39, 0.29) is 35.5 Å². The summed E-state index contributed by atoms with van der Waals surface area (Å²) >= 11 is 7.89. The van der Waals surface area contributed by atoms with Gasteiger partial charge in [-0.05, 0) is 82.2 Å². The van der Waals surface area contributed by atoms with Crippen LogP contribution in [0.3, 0.4) is 0 Å². The third-order valence-electron chi connectivity index (χ3n) is 7.49. The third kappa shape index (κ3) is 7.73. The minimum atomic E-state index is -0.826. The van der Waals surface area contributed by atoms with Crippen molar-refractivity contribution in [2.75, 3.05) is 20.3 Å². The summed E-state index contributed by atoms with van der Waals surface area (Å²) in [5.74, 6) is 0.305. The number of esters is 2. The Bertz CT molecular complexity index is 2080. The van der Waals surface area contributed by atoms with Gasteiger partial charge in [0.2, 0.25) is 0 Å². The smallest absolute Gasteiger partial charge is 0.338 e. The quantitative estimate of drug-likeness (QED) is 0.165. The molecule has 1 aliphatic heterocycles. The molecule has 1 atom stereocenters. The number of halogens is 1. The van der Waals surface area contributed by atoms with E-state index in [2.05, 4.69) is 4.99 Å². The van der Waals surface area contributed by atoms with Crippen molar-refractivity contribution in [2.24, 2.45) is 4.99 Å². The maximum absolute atomic E-state index is 14.2. The molecule has 3 aromatic carbocycles. The summed E-state index contributed by atoms with van der Waals surface area (Å²) in [5, 5.41) is 0.277. The topological polar surface area (TPSA) is 115 Å². The SMILES string of the molecule is CCOC(=O)C1=C(C)N=c2s/c(=C\c3cc(Cl)c(OCc4ccc(C(=O)OCC)cc4)c(OC)c3)c(=O)n2[C@@H]1c1ccccc1OC(C)C. The lowest BCUT2D eigenvalue weighted by Gasteiger charge is -2.26. The highest BCUT2D eigenvalue weighted by Gasteiger charge is 2.35. The first-order valence-corrected chi connectivity index (χ1v) is 17.0. The molecule has 0 radical (unpaired) electrons. The molecule has 0 spiro atoms.